The first-order valence-corrected chi connectivity index (χ1v) is 14.5. The molecule has 0 aliphatic heterocycles. The Morgan fingerprint density at radius 1 is 1.06 bits per heavy atom. The first-order valence-electron chi connectivity index (χ1n) is 14.2. The highest BCUT2D eigenvalue weighted by atomic mass is 35.5. The number of nitrogens with zero attached hydrogens (tertiary/aromatic N) is 3. The van der Waals surface area contributed by atoms with Crippen LogP contribution >= 0.6 is 11.6 Å². The molecular weight excluding hydrogens is 661 g/mol. The van der Waals surface area contributed by atoms with Crippen molar-refractivity contribution in [2.24, 2.45) is 5.73 Å². The first kappa shape index (κ1) is 34.3. The minimum absolute atomic E-state index is 0.0264. The van der Waals surface area contributed by atoms with Gasteiger partial charge in [-0.25, -0.2) is 22.8 Å². The van der Waals surface area contributed by atoms with Gasteiger partial charge in [-0.15, -0.1) is 0 Å². The van der Waals surface area contributed by atoms with E-state index < -0.39 is 69.7 Å². The lowest BCUT2D eigenvalue weighted by Crippen LogP contribution is -2.43. The van der Waals surface area contributed by atoms with Gasteiger partial charge in [-0.2, -0.15) is 13.9 Å². The lowest BCUT2D eigenvalue weighted by atomic mass is 9.80. The zero-order valence-electron chi connectivity index (χ0n) is 25.5. The molecule has 0 unspecified atom stereocenters. The first-order chi connectivity index (χ1) is 22.6. The van der Waals surface area contributed by atoms with Crippen LogP contribution in [-0.4, -0.2) is 45.3 Å². The summed E-state index contributed by atoms with van der Waals surface area (Å²) in [6, 6.07) is 12.6. The maximum absolute atomic E-state index is 16.2. The van der Waals surface area contributed by atoms with E-state index in [9.17, 15) is 27.9 Å². The molecule has 48 heavy (non-hydrogen) atoms. The van der Waals surface area contributed by atoms with Crippen molar-refractivity contribution >= 4 is 34.3 Å². The van der Waals surface area contributed by atoms with Crippen molar-refractivity contribution in [2.75, 3.05) is 13.7 Å². The maximum atomic E-state index is 16.2. The van der Waals surface area contributed by atoms with Crippen LogP contribution in [0.4, 0.5) is 22.0 Å². The highest BCUT2D eigenvalue weighted by molar-refractivity contribution is 6.31. The Morgan fingerprint density at radius 3 is 2.38 bits per heavy atom. The van der Waals surface area contributed by atoms with Crippen molar-refractivity contribution < 1.29 is 41.4 Å². The summed E-state index contributed by atoms with van der Waals surface area (Å²) in [6.45, 7) is -0.970. The third kappa shape index (κ3) is 6.16. The second-order valence-corrected chi connectivity index (χ2v) is 11.8. The number of carbonyl (C=O) groups is 2. The van der Waals surface area contributed by atoms with E-state index >= 15 is 8.78 Å². The minimum Gasteiger partial charge on any atom is -0.494 e. The van der Waals surface area contributed by atoms with Gasteiger partial charge in [0.05, 0.1) is 29.8 Å². The molecule has 5 aromatic rings. The van der Waals surface area contributed by atoms with Crippen molar-refractivity contribution in [3.63, 3.8) is 0 Å². The van der Waals surface area contributed by atoms with E-state index in [1.165, 1.54) is 45.2 Å². The van der Waals surface area contributed by atoms with E-state index in [0.717, 1.165) is 18.3 Å². The fraction of sp³-hybridized carbons (Fsp3) is 0.212. The second-order valence-electron chi connectivity index (χ2n) is 11.4. The Kier molecular flexibility index (Phi) is 9.17. The van der Waals surface area contributed by atoms with Crippen molar-refractivity contribution in [2.45, 2.75) is 31.4 Å². The normalized spacial score (nSPS) is 13.1. The third-order valence-electron chi connectivity index (χ3n) is 7.97. The molecule has 15 heteroatoms. The number of carbonyl (C=O) groups excluding carboxylic acids is 2. The van der Waals surface area contributed by atoms with Gasteiger partial charge in [0, 0.05) is 34.3 Å². The third-order valence-corrected chi connectivity index (χ3v) is 8.25. The van der Waals surface area contributed by atoms with Gasteiger partial charge < -0.3 is 20.9 Å². The number of halogens is 6. The number of nitrogens with one attached hydrogen (secondary N) is 1. The van der Waals surface area contributed by atoms with Crippen molar-refractivity contribution in [3.8, 4) is 17.0 Å². The standard InChI is InChI=1S/C33H27ClF5N5O4/c1-32(2,30(40)46)20-12-25(42-28(26(20)37)19-11-21(34)23(36)13-22(19)35)33(47,18-7-5-4-6-8-18)15-41-29(45)16-9-17-14-44(31(38)39)43-27(17)24(10-16)48-3/h4-14,31,47H,15H2,1-3H3,(H2,40,46)(H,41,45)/t33-/m1/s1. The Morgan fingerprint density at radius 2 is 1.75 bits per heavy atom. The largest absolute Gasteiger partial charge is 0.494 e. The fourth-order valence-corrected chi connectivity index (χ4v) is 5.25. The maximum Gasteiger partial charge on any atom is 0.333 e. The molecule has 4 N–H and O–H groups in total. The van der Waals surface area contributed by atoms with Gasteiger partial charge in [0.2, 0.25) is 5.91 Å². The molecule has 0 aliphatic rings. The average molecular weight is 688 g/mol. The smallest absolute Gasteiger partial charge is 0.333 e. The van der Waals surface area contributed by atoms with Gasteiger partial charge in [0.15, 0.2) is 5.82 Å². The number of amides is 2. The summed E-state index contributed by atoms with van der Waals surface area (Å²) >= 11 is 5.90. The van der Waals surface area contributed by atoms with Gasteiger partial charge in [0.1, 0.15) is 34.2 Å². The summed E-state index contributed by atoms with van der Waals surface area (Å²) in [5.74, 6) is -5.28. The number of hydrogen-bond acceptors (Lipinski definition) is 6. The lowest BCUT2D eigenvalue weighted by molar-refractivity contribution is -0.122. The molecule has 250 valence electrons. The topological polar surface area (TPSA) is 132 Å². The number of aromatic nitrogens is 3. The van der Waals surface area contributed by atoms with Crippen LogP contribution in [0.15, 0.2) is 66.9 Å². The molecule has 0 saturated heterocycles. The number of alkyl halides is 2. The number of hydrogen-bond donors (Lipinski definition) is 3. The van der Waals surface area contributed by atoms with Crippen molar-refractivity contribution in [3.05, 3.63) is 112 Å². The molecule has 9 nitrogen and oxygen atoms in total. The van der Waals surface area contributed by atoms with Gasteiger partial charge in [-0.05, 0) is 43.7 Å². The van der Waals surface area contributed by atoms with Crippen molar-refractivity contribution in [1.82, 2.24) is 20.1 Å². The van der Waals surface area contributed by atoms with Crippen LogP contribution in [0.1, 0.15) is 47.6 Å². The minimum atomic E-state index is -2.95. The molecule has 0 fully saturated rings. The Bertz CT molecular complexity index is 2060. The Balaban J connectivity index is 1.66. The second kappa shape index (κ2) is 12.8. The summed E-state index contributed by atoms with van der Waals surface area (Å²) in [4.78, 5) is 30.2. The van der Waals surface area contributed by atoms with E-state index in [0.29, 0.717) is 10.7 Å². The van der Waals surface area contributed by atoms with Crippen LogP contribution in [-0.2, 0) is 15.8 Å². The quantitative estimate of drug-likeness (QED) is 0.122. The molecule has 0 saturated carbocycles. The molecule has 1 atom stereocenters. The predicted octanol–water partition coefficient (Wildman–Crippen LogP) is 6.00. The van der Waals surface area contributed by atoms with Crippen LogP contribution in [0, 0.1) is 17.5 Å². The summed E-state index contributed by atoms with van der Waals surface area (Å²) in [6.07, 6.45) is 1.03. The number of nitrogens with two attached hydrogens (primary N) is 1. The summed E-state index contributed by atoms with van der Waals surface area (Å²) in [7, 11) is 1.27. The number of rotatable bonds is 10. The van der Waals surface area contributed by atoms with Gasteiger partial charge >= 0.3 is 6.55 Å². The van der Waals surface area contributed by atoms with Crippen LogP contribution in [0.25, 0.3) is 22.2 Å². The molecule has 0 bridgehead atoms. The van der Waals surface area contributed by atoms with Crippen LogP contribution in [0.5, 0.6) is 5.75 Å². The molecule has 2 amide bonds. The average Bonchev–Trinajstić information content (AvgIpc) is 3.50. The van der Waals surface area contributed by atoms with Gasteiger partial charge in [-0.3, -0.25) is 9.59 Å². The van der Waals surface area contributed by atoms with Crippen LogP contribution in [0.2, 0.25) is 5.02 Å². The van der Waals surface area contributed by atoms with Gasteiger partial charge in [-0.1, -0.05) is 41.9 Å². The Labute approximate surface area is 275 Å². The predicted molar refractivity (Wildman–Crippen MR) is 166 cm³/mol. The zero-order chi connectivity index (χ0) is 35.1. The number of methoxy groups -OCH3 is 1. The van der Waals surface area contributed by atoms with E-state index in [1.807, 2.05) is 0 Å². The molecule has 2 heterocycles. The van der Waals surface area contributed by atoms with Crippen LogP contribution < -0.4 is 15.8 Å². The SMILES string of the molecule is COc1cc(C(=O)NC[C@@](O)(c2ccccc2)c2cc(C(C)(C)C(N)=O)c(F)c(-c3cc(Cl)c(F)cc3F)n2)cc2cn(C(F)F)nc12. The number of benzene rings is 3. The summed E-state index contributed by atoms with van der Waals surface area (Å²) in [5.41, 5.74) is -0.281. The number of ether oxygens (including phenoxy) is 1. The van der Waals surface area contributed by atoms with E-state index in [1.54, 1.807) is 18.2 Å². The van der Waals surface area contributed by atoms with Gasteiger partial charge in [0.25, 0.3) is 5.91 Å². The molecule has 3 aromatic carbocycles. The summed E-state index contributed by atoms with van der Waals surface area (Å²) in [5, 5.41) is 18.3. The monoisotopic (exact) mass is 687 g/mol. The highest BCUT2D eigenvalue weighted by Gasteiger charge is 2.39. The molecule has 0 radical (unpaired) electrons. The zero-order valence-corrected chi connectivity index (χ0v) is 26.2. The number of primary amides is 1. The highest BCUT2D eigenvalue weighted by Crippen LogP contribution is 2.38. The van der Waals surface area contributed by atoms with E-state index in [2.05, 4.69) is 15.4 Å². The molecule has 0 aliphatic carbocycles. The molecule has 0 spiro atoms. The van der Waals surface area contributed by atoms with E-state index in [-0.39, 0.29) is 39.0 Å². The Hall–Kier alpha value is -5.08. The van der Waals surface area contributed by atoms with Crippen LogP contribution in [0.3, 0.4) is 0 Å². The number of aliphatic hydroxyl groups is 1. The van der Waals surface area contributed by atoms with E-state index in [4.69, 9.17) is 22.1 Å². The number of fused-ring (bicyclic) bond motifs is 1. The molecule has 2 aromatic heterocycles. The molecule has 5 rings (SSSR count). The summed E-state index contributed by atoms with van der Waals surface area (Å²) < 4.78 is 77.6. The lowest BCUT2D eigenvalue weighted by Gasteiger charge is -2.31. The van der Waals surface area contributed by atoms with Crippen molar-refractivity contribution in [1.29, 1.82) is 0 Å². The number of pyridine rings is 1. The molecular formula is C33H27ClF5N5O4. The fourth-order valence-electron chi connectivity index (χ4n) is 5.08.